The number of aliphatic carboxylic acids is 1. The van der Waals surface area contributed by atoms with E-state index in [1.54, 1.807) is 29.8 Å². The SMILES string of the molecule is Cc1c(C(=O)NC(CC(C)C)C(=O)O)cnn1-c1cccc(Cl)c1. The summed E-state index contributed by atoms with van der Waals surface area (Å²) in [6.07, 6.45) is 1.79. The van der Waals surface area contributed by atoms with Crippen molar-refractivity contribution in [2.75, 3.05) is 0 Å². The number of hydrogen-bond donors (Lipinski definition) is 2. The van der Waals surface area contributed by atoms with Crippen LogP contribution >= 0.6 is 11.6 Å². The zero-order valence-corrected chi connectivity index (χ0v) is 14.5. The van der Waals surface area contributed by atoms with E-state index >= 15 is 0 Å². The Hall–Kier alpha value is -2.34. The topological polar surface area (TPSA) is 84.2 Å². The number of rotatable bonds is 6. The Bertz CT molecular complexity index is 755. The number of carboxylic acid groups (broad SMARTS) is 1. The van der Waals surface area contributed by atoms with Crippen LogP contribution in [0.25, 0.3) is 5.69 Å². The third kappa shape index (κ3) is 4.14. The largest absolute Gasteiger partial charge is 0.480 e. The van der Waals surface area contributed by atoms with Crippen molar-refractivity contribution in [3.63, 3.8) is 0 Å². The Balaban J connectivity index is 2.23. The standard InChI is InChI=1S/C17H20ClN3O3/c1-10(2)7-15(17(23)24)20-16(22)14-9-19-21(11(14)3)13-6-4-5-12(18)8-13/h4-6,8-10,15H,7H2,1-3H3,(H,20,22)(H,23,24). The van der Waals surface area contributed by atoms with Gasteiger partial charge in [0.25, 0.3) is 5.91 Å². The van der Waals surface area contributed by atoms with Gasteiger partial charge in [0.15, 0.2) is 0 Å². The van der Waals surface area contributed by atoms with Crippen molar-refractivity contribution in [1.29, 1.82) is 0 Å². The van der Waals surface area contributed by atoms with Gasteiger partial charge in [-0.3, -0.25) is 4.79 Å². The smallest absolute Gasteiger partial charge is 0.326 e. The van der Waals surface area contributed by atoms with Crippen molar-refractivity contribution in [2.24, 2.45) is 5.92 Å². The van der Waals surface area contributed by atoms with Gasteiger partial charge < -0.3 is 10.4 Å². The first-order valence-electron chi connectivity index (χ1n) is 7.63. The van der Waals surface area contributed by atoms with Crippen molar-refractivity contribution in [1.82, 2.24) is 15.1 Å². The molecular weight excluding hydrogens is 330 g/mol. The summed E-state index contributed by atoms with van der Waals surface area (Å²) < 4.78 is 1.60. The number of nitrogens with one attached hydrogen (secondary N) is 1. The molecule has 0 radical (unpaired) electrons. The van der Waals surface area contributed by atoms with Crippen molar-refractivity contribution < 1.29 is 14.7 Å². The molecule has 7 heteroatoms. The Kier molecular flexibility index (Phi) is 5.62. The van der Waals surface area contributed by atoms with E-state index in [9.17, 15) is 14.7 Å². The number of benzene rings is 1. The first-order chi connectivity index (χ1) is 11.3. The van der Waals surface area contributed by atoms with Gasteiger partial charge in [-0.1, -0.05) is 31.5 Å². The molecule has 1 atom stereocenters. The zero-order valence-electron chi connectivity index (χ0n) is 13.8. The molecule has 1 heterocycles. The second-order valence-corrected chi connectivity index (χ2v) is 6.47. The molecule has 2 aromatic rings. The number of carboxylic acids is 1. The van der Waals surface area contributed by atoms with Crippen LogP contribution in [0.3, 0.4) is 0 Å². The van der Waals surface area contributed by atoms with E-state index < -0.39 is 17.9 Å². The molecule has 2 rings (SSSR count). The molecule has 0 saturated carbocycles. The lowest BCUT2D eigenvalue weighted by Gasteiger charge is -2.16. The van der Waals surface area contributed by atoms with E-state index in [0.29, 0.717) is 22.7 Å². The molecule has 128 valence electrons. The third-order valence-corrected chi connectivity index (χ3v) is 3.85. The monoisotopic (exact) mass is 349 g/mol. The summed E-state index contributed by atoms with van der Waals surface area (Å²) in [5.74, 6) is -1.34. The maximum absolute atomic E-state index is 12.4. The van der Waals surface area contributed by atoms with Crippen LogP contribution in [0.15, 0.2) is 30.5 Å². The number of carbonyl (C=O) groups is 2. The summed E-state index contributed by atoms with van der Waals surface area (Å²) in [7, 11) is 0. The minimum atomic E-state index is -1.04. The molecule has 2 N–H and O–H groups in total. The maximum Gasteiger partial charge on any atom is 0.326 e. The molecule has 0 aliphatic heterocycles. The van der Waals surface area contributed by atoms with Crippen LogP contribution in [0.5, 0.6) is 0 Å². The molecule has 0 fully saturated rings. The molecule has 1 aromatic heterocycles. The van der Waals surface area contributed by atoms with Gasteiger partial charge in [-0.05, 0) is 37.5 Å². The van der Waals surface area contributed by atoms with Gasteiger partial charge in [0.1, 0.15) is 6.04 Å². The first kappa shape index (κ1) is 18.0. The molecule has 1 amide bonds. The van der Waals surface area contributed by atoms with E-state index in [0.717, 1.165) is 5.69 Å². The van der Waals surface area contributed by atoms with E-state index in [4.69, 9.17) is 11.6 Å². The van der Waals surface area contributed by atoms with Gasteiger partial charge in [-0.15, -0.1) is 0 Å². The van der Waals surface area contributed by atoms with Crippen LogP contribution in [0, 0.1) is 12.8 Å². The summed E-state index contributed by atoms with van der Waals surface area (Å²) in [4.78, 5) is 23.7. The van der Waals surface area contributed by atoms with E-state index in [1.807, 2.05) is 19.9 Å². The molecule has 24 heavy (non-hydrogen) atoms. The molecule has 0 saturated heterocycles. The fourth-order valence-corrected chi connectivity index (χ4v) is 2.61. The maximum atomic E-state index is 12.4. The summed E-state index contributed by atoms with van der Waals surface area (Å²) in [5, 5.41) is 16.6. The molecule has 6 nitrogen and oxygen atoms in total. The second-order valence-electron chi connectivity index (χ2n) is 6.03. The van der Waals surface area contributed by atoms with Gasteiger partial charge in [0.2, 0.25) is 0 Å². The van der Waals surface area contributed by atoms with Crippen molar-refractivity contribution in [3.05, 3.63) is 46.7 Å². The lowest BCUT2D eigenvalue weighted by atomic mass is 10.0. The van der Waals surface area contributed by atoms with Crippen molar-refractivity contribution in [3.8, 4) is 5.69 Å². The third-order valence-electron chi connectivity index (χ3n) is 3.62. The lowest BCUT2D eigenvalue weighted by Crippen LogP contribution is -2.41. The van der Waals surface area contributed by atoms with Gasteiger partial charge in [0.05, 0.1) is 23.1 Å². The Morgan fingerprint density at radius 3 is 2.67 bits per heavy atom. The average Bonchev–Trinajstić information content (AvgIpc) is 2.87. The van der Waals surface area contributed by atoms with Crippen molar-refractivity contribution in [2.45, 2.75) is 33.2 Å². The summed E-state index contributed by atoms with van der Waals surface area (Å²) in [5.41, 5.74) is 1.68. The molecule has 1 aromatic carbocycles. The number of hydrogen-bond acceptors (Lipinski definition) is 3. The highest BCUT2D eigenvalue weighted by Crippen LogP contribution is 2.18. The van der Waals surface area contributed by atoms with Crippen LogP contribution in [-0.4, -0.2) is 32.8 Å². The van der Waals surface area contributed by atoms with Crippen LogP contribution in [0.2, 0.25) is 5.02 Å². The molecule has 1 unspecified atom stereocenters. The van der Waals surface area contributed by atoms with Crippen molar-refractivity contribution >= 4 is 23.5 Å². The molecule has 0 spiro atoms. The molecular formula is C17H20ClN3O3. The number of amides is 1. The lowest BCUT2D eigenvalue weighted by molar-refractivity contribution is -0.139. The fraction of sp³-hybridized carbons (Fsp3) is 0.353. The highest BCUT2D eigenvalue weighted by molar-refractivity contribution is 6.30. The second kappa shape index (κ2) is 7.49. The Morgan fingerprint density at radius 2 is 2.08 bits per heavy atom. The molecule has 0 aliphatic rings. The zero-order chi connectivity index (χ0) is 17.9. The predicted molar refractivity (Wildman–Crippen MR) is 91.7 cm³/mol. The van der Waals surface area contributed by atoms with Crippen LogP contribution in [0.4, 0.5) is 0 Å². The average molecular weight is 350 g/mol. The minimum absolute atomic E-state index is 0.154. The predicted octanol–water partition coefficient (Wildman–Crippen LogP) is 3.06. The summed E-state index contributed by atoms with van der Waals surface area (Å²) >= 11 is 5.98. The van der Waals surface area contributed by atoms with Gasteiger partial charge in [0, 0.05) is 5.02 Å². The molecule has 0 aliphatic carbocycles. The minimum Gasteiger partial charge on any atom is -0.480 e. The first-order valence-corrected chi connectivity index (χ1v) is 8.01. The Labute approximate surface area is 145 Å². The highest BCUT2D eigenvalue weighted by Gasteiger charge is 2.24. The van der Waals surface area contributed by atoms with Crippen LogP contribution < -0.4 is 5.32 Å². The van der Waals surface area contributed by atoms with E-state index in [-0.39, 0.29) is 5.92 Å². The van der Waals surface area contributed by atoms with Gasteiger partial charge >= 0.3 is 5.97 Å². The molecule has 0 bridgehead atoms. The Morgan fingerprint density at radius 1 is 1.38 bits per heavy atom. The van der Waals surface area contributed by atoms with E-state index in [1.165, 1.54) is 6.20 Å². The summed E-state index contributed by atoms with van der Waals surface area (Å²) in [6, 6.07) is 6.18. The van der Waals surface area contributed by atoms with E-state index in [2.05, 4.69) is 10.4 Å². The number of halogens is 1. The van der Waals surface area contributed by atoms with Gasteiger partial charge in [-0.2, -0.15) is 5.10 Å². The fourth-order valence-electron chi connectivity index (χ4n) is 2.43. The van der Waals surface area contributed by atoms with Crippen LogP contribution in [0.1, 0.15) is 36.3 Å². The normalized spacial score (nSPS) is 12.2. The summed E-state index contributed by atoms with van der Waals surface area (Å²) in [6.45, 7) is 5.57. The highest BCUT2D eigenvalue weighted by atomic mass is 35.5. The van der Waals surface area contributed by atoms with Crippen LogP contribution in [-0.2, 0) is 4.79 Å². The quantitative estimate of drug-likeness (QED) is 0.839. The number of nitrogens with zero attached hydrogens (tertiary/aromatic N) is 2. The number of aromatic nitrogens is 2. The number of carbonyl (C=O) groups excluding carboxylic acids is 1. The van der Waals surface area contributed by atoms with Gasteiger partial charge in [-0.25, -0.2) is 9.48 Å².